The first kappa shape index (κ1) is 29.7. The van der Waals surface area contributed by atoms with Crippen LogP contribution in [-0.4, -0.2) is 83.7 Å². The molecule has 3 aromatic heterocycles. The van der Waals surface area contributed by atoms with Gasteiger partial charge in [0.25, 0.3) is 10.0 Å². The second-order valence-electron chi connectivity index (χ2n) is 9.41. The molecule has 0 saturated carbocycles. The Bertz CT molecular complexity index is 1860. The van der Waals surface area contributed by atoms with Crippen molar-refractivity contribution in [3.05, 3.63) is 61.2 Å². The summed E-state index contributed by atoms with van der Waals surface area (Å²) in [5.74, 6) is 2.11. The van der Waals surface area contributed by atoms with Crippen molar-refractivity contribution >= 4 is 66.7 Å². The van der Waals surface area contributed by atoms with Gasteiger partial charge >= 0.3 is 0 Å². The third-order valence-corrected chi connectivity index (χ3v) is 8.65. The van der Waals surface area contributed by atoms with Gasteiger partial charge < -0.3 is 29.6 Å². The first-order chi connectivity index (χ1) is 20.4. The Hall–Kier alpha value is -4.76. The molecule has 13 nitrogen and oxygen atoms in total. The summed E-state index contributed by atoms with van der Waals surface area (Å²) in [6.07, 6.45) is 4.49. The largest absolute Gasteiger partial charge is 0.493 e. The fraction of sp³-hybridized carbons (Fsp3) is 0.250. The van der Waals surface area contributed by atoms with Crippen molar-refractivity contribution in [2.24, 2.45) is 0 Å². The molecule has 3 N–H and O–H groups in total. The smallest absolute Gasteiger partial charge is 0.264 e. The molecule has 1 saturated heterocycles. The van der Waals surface area contributed by atoms with E-state index in [0.717, 1.165) is 27.8 Å². The van der Waals surface area contributed by atoms with E-state index < -0.39 is 10.0 Å². The molecule has 1 aliphatic rings. The van der Waals surface area contributed by atoms with Crippen LogP contribution in [0.3, 0.4) is 0 Å². The number of nitrogens with one attached hydrogen (secondary N) is 3. The van der Waals surface area contributed by atoms with Crippen molar-refractivity contribution in [2.45, 2.75) is 12.3 Å². The van der Waals surface area contributed by atoms with Crippen molar-refractivity contribution in [1.82, 2.24) is 29.8 Å². The number of rotatable bonds is 7. The Kier molecular flexibility index (Phi) is 8.45. The normalized spacial score (nSPS) is 13.4. The molecule has 0 bridgehead atoms. The predicted octanol–water partition coefficient (Wildman–Crippen LogP) is 3.87. The van der Waals surface area contributed by atoms with E-state index >= 15 is 0 Å². The molecule has 0 unspecified atom stereocenters. The molecule has 1 fully saturated rings. The van der Waals surface area contributed by atoms with Crippen molar-refractivity contribution in [3.63, 3.8) is 0 Å². The molecule has 15 heteroatoms. The third-order valence-electron chi connectivity index (χ3n) is 6.95. The Morgan fingerprint density at radius 3 is 2.30 bits per heavy atom. The molecule has 0 atom stereocenters. The number of hydrogen-bond donors (Lipinski definition) is 3. The van der Waals surface area contributed by atoms with E-state index in [-0.39, 0.29) is 18.3 Å². The highest BCUT2D eigenvalue weighted by Gasteiger charge is 2.24. The van der Waals surface area contributed by atoms with Gasteiger partial charge in [-0.2, -0.15) is 0 Å². The van der Waals surface area contributed by atoms with Gasteiger partial charge in [-0.05, 0) is 48.6 Å². The number of benzene rings is 2. The maximum Gasteiger partial charge on any atom is 0.264 e. The number of methoxy groups -OCH3 is 2. The Labute approximate surface area is 254 Å². The summed E-state index contributed by atoms with van der Waals surface area (Å²) in [4.78, 5) is 24.6. The minimum atomic E-state index is -3.82. The predicted molar refractivity (Wildman–Crippen MR) is 171 cm³/mol. The molecule has 43 heavy (non-hydrogen) atoms. The van der Waals surface area contributed by atoms with Crippen LogP contribution in [0.5, 0.6) is 11.5 Å². The van der Waals surface area contributed by atoms with Gasteiger partial charge in [-0.15, -0.1) is 0 Å². The highest BCUT2D eigenvalue weighted by Crippen LogP contribution is 2.38. The van der Waals surface area contributed by atoms with Gasteiger partial charge in [0.1, 0.15) is 17.8 Å². The van der Waals surface area contributed by atoms with Gasteiger partial charge in [0.15, 0.2) is 16.6 Å². The van der Waals surface area contributed by atoms with Gasteiger partial charge in [0.05, 0.1) is 30.0 Å². The van der Waals surface area contributed by atoms with Gasteiger partial charge in [0.2, 0.25) is 5.95 Å². The first-order valence-electron chi connectivity index (χ1n) is 13.0. The number of aromatic amines is 1. The summed E-state index contributed by atoms with van der Waals surface area (Å²) >= 11 is 5.67. The van der Waals surface area contributed by atoms with Crippen LogP contribution in [0.15, 0.2) is 66.1 Å². The lowest BCUT2D eigenvalue weighted by Gasteiger charge is -2.37. The van der Waals surface area contributed by atoms with Crippen LogP contribution in [-0.2, 0) is 10.0 Å². The van der Waals surface area contributed by atoms with E-state index in [0.29, 0.717) is 48.5 Å². The number of sulfonamides is 1. The number of aromatic nitrogens is 5. The van der Waals surface area contributed by atoms with Crippen LogP contribution in [0.4, 0.5) is 17.5 Å². The molecule has 4 heterocycles. The molecule has 0 radical (unpaired) electrons. The second-order valence-corrected chi connectivity index (χ2v) is 11.5. The van der Waals surface area contributed by atoms with Crippen LogP contribution >= 0.6 is 12.2 Å². The molecular formula is C28H31N9O4S2. The zero-order valence-corrected chi connectivity index (χ0v) is 24.4. The maximum atomic E-state index is 12.7. The molecular weight excluding hydrogens is 591 g/mol. The number of thiocarbonyl (C=S) groups is 1. The molecule has 0 aliphatic carbocycles. The van der Waals surface area contributed by atoms with Crippen molar-refractivity contribution < 1.29 is 17.9 Å². The standard InChI is InChI=1S/C27H27N9O4S2.CH4/c1-39-21-14-19-20(15-22(21)40-2)33-24-23(19)25(31-16-30-24)35-10-12-36(13-11-35)27(41)32-17-4-6-18(7-5-17)42(37,38)34-26-28-8-3-9-29-26;/h3-9,14-16H,10-13H2,1-2H3,(H,32,41)(H,28,29,34)(H,30,31,33);1H4. The Morgan fingerprint density at radius 2 is 1.63 bits per heavy atom. The van der Waals surface area contributed by atoms with Crippen molar-refractivity contribution in [3.8, 4) is 11.5 Å². The van der Waals surface area contributed by atoms with Crippen LogP contribution in [0.1, 0.15) is 7.43 Å². The van der Waals surface area contributed by atoms with E-state index in [9.17, 15) is 8.42 Å². The number of anilines is 3. The maximum absolute atomic E-state index is 12.7. The molecule has 0 spiro atoms. The summed E-state index contributed by atoms with van der Waals surface area (Å²) in [6.45, 7) is 2.73. The van der Waals surface area contributed by atoms with E-state index in [1.165, 1.54) is 24.5 Å². The fourth-order valence-corrected chi connectivity index (χ4v) is 6.11. The van der Waals surface area contributed by atoms with E-state index in [2.05, 4.69) is 44.8 Å². The quantitative estimate of drug-likeness (QED) is 0.226. The van der Waals surface area contributed by atoms with E-state index in [4.69, 9.17) is 21.7 Å². The van der Waals surface area contributed by atoms with E-state index in [1.807, 2.05) is 12.1 Å². The SMILES string of the molecule is C.COc1cc2[nH]c3ncnc(N4CCN(C(=S)Nc5ccc(S(=O)(=O)Nc6ncccn6)cc5)CC4)c3c2cc1OC. The molecule has 5 aromatic rings. The lowest BCUT2D eigenvalue weighted by atomic mass is 10.1. The summed E-state index contributed by atoms with van der Waals surface area (Å²) in [7, 11) is -0.602. The summed E-state index contributed by atoms with van der Waals surface area (Å²) < 4.78 is 38.7. The first-order valence-corrected chi connectivity index (χ1v) is 14.8. The summed E-state index contributed by atoms with van der Waals surface area (Å²) in [5.41, 5.74) is 2.30. The Balaban J connectivity index is 0.00000368. The monoisotopic (exact) mass is 621 g/mol. The van der Waals surface area contributed by atoms with Crippen molar-refractivity contribution in [1.29, 1.82) is 0 Å². The lowest BCUT2D eigenvalue weighted by Crippen LogP contribution is -2.50. The van der Waals surface area contributed by atoms with Crippen LogP contribution < -0.4 is 24.4 Å². The minimum Gasteiger partial charge on any atom is -0.493 e. The van der Waals surface area contributed by atoms with Crippen molar-refractivity contribution in [2.75, 3.05) is 55.3 Å². The van der Waals surface area contributed by atoms with Crippen LogP contribution in [0.25, 0.3) is 21.9 Å². The minimum absolute atomic E-state index is 0. The van der Waals surface area contributed by atoms with Crippen LogP contribution in [0.2, 0.25) is 0 Å². The summed E-state index contributed by atoms with van der Waals surface area (Å²) in [5, 5.41) is 5.64. The topological polar surface area (TPSA) is 150 Å². The highest BCUT2D eigenvalue weighted by molar-refractivity contribution is 7.92. The van der Waals surface area contributed by atoms with Gasteiger partial charge in [-0.25, -0.2) is 33.1 Å². The third kappa shape index (κ3) is 5.94. The molecule has 0 amide bonds. The van der Waals surface area contributed by atoms with Gasteiger partial charge in [-0.3, -0.25) is 0 Å². The zero-order chi connectivity index (χ0) is 29.3. The highest BCUT2D eigenvalue weighted by atomic mass is 32.2. The average molecular weight is 622 g/mol. The number of H-pyrrole nitrogens is 1. The van der Waals surface area contributed by atoms with Gasteiger partial charge in [-0.1, -0.05) is 7.43 Å². The number of nitrogens with zero attached hydrogens (tertiary/aromatic N) is 6. The van der Waals surface area contributed by atoms with Crippen LogP contribution in [0, 0.1) is 0 Å². The van der Waals surface area contributed by atoms with Gasteiger partial charge in [0, 0.05) is 55.7 Å². The zero-order valence-electron chi connectivity index (χ0n) is 22.7. The second kappa shape index (κ2) is 12.2. The molecule has 2 aromatic carbocycles. The lowest BCUT2D eigenvalue weighted by molar-refractivity contribution is 0.356. The number of ether oxygens (including phenoxy) is 2. The van der Waals surface area contributed by atoms with E-state index in [1.54, 1.807) is 38.7 Å². The number of hydrogen-bond acceptors (Lipinski definition) is 10. The Morgan fingerprint density at radius 1 is 0.953 bits per heavy atom. The molecule has 1 aliphatic heterocycles. The number of fused-ring (bicyclic) bond motifs is 3. The fourth-order valence-electron chi connectivity index (χ4n) is 4.85. The molecule has 6 rings (SSSR count). The average Bonchev–Trinajstić information content (AvgIpc) is 3.38. The molecule has 224 valence electrons. The number of piperazine rings is 1. The summed E-state index contributed by atoms with van der Waals surface area (Å²) in [6, 6.07) is 11.8.